The van der Waals surface area contributed by atoms with Crippen LogP contribution in [-0.2, 0) is 11.8 Å². The smallest absolute Gasteiger partial charge is 0.230 e. The molecule has 3 aliphatic rings. The fourth-order valence-corrected chi connectivity index (χ4v) is 5.31. The molecule has 2 atom stereocenters. The third kappa shape index (κ3) is 3.55. The molecule has 1 N–H and O–H groups in total. The van der Waals surface area contributed by atoms with Crippen LogP contribution in [-0.4, -0.2) is 69.8 Å². The van der Waals surface area contributed by atoms with Crippen LogP contribution in [0, 0.1) is 11.3 Å². The molecule has 1 aliphatic carbocycles. The van der Waals surface area contributed by atoms with Crippen LogP contribution in [0.25, 0.3) is 11.0 Å². The number of carbonyl (C=O) groups excluding carboxylic acids is 1. The minimum absolute atomic E-state index is 0. The van der Waals surface area contributed by atoms with Crippen molar-refractivity contribution in [1.82, 2.24) is 30.0 Å². The minimum Gasteiger partial charge on any atom is -0.352 e. The van der Waals surface area contributed by atoms with E-state index in [0.717, 1.165) is 62.5 Å². The quantitative estimate of drug-likeness (QED) is 0.762. The fourth-order valence-electron chi connectivity index (χ4n) is 5.31. The zero-order chi connectivity index (χ0) is 18.4. The summed E-state index contributed by atoms with van der Waals surface area (Å²) in [5.74, 6) is 1.83. The van der Waals surface area contributed by atoms with Crippen molar-refractivity contribution in [2.45, 2.75) is 25.7 Å². The summed E-state index contributed by atoms with van der Waals surface area (Å²) in [5, 5.41) is 8.78. The lowest BCUT2D eigenvalue weighted by Gasteiger charge is -2.43. The topological polar surface area (TPSA) is 79.2 Å². The molecule has 29 heavy (non-hydrogen) atoms. The average Bonchev–Trinajstić information content (AvgIpc) is 3.32. The second-order valence-corrected chi connectivity index (χ2v) is 8.21. The number of aryl methyl sites for hydroxylation is 1. The van der Waals surface area contributed by atoms with Crippen molar-refractivity contribution in [2.75, 3.05) is 44.2 Å². The van der Waals surface area contributed by atoms with Crippen molar-refractivity contribution in [3.63, 3.8) is 0 Å². The number of hydrogen-bond acceptors (Lipinski definition) is 6. The number of piperazine rings is 1. The Morgan fingerprint density at radius 1 is 1.17 bits per heavy atom. The van der Waals surface area contributed by atoms with Gasteiger partial charge in [-0.1, -0.05) is 12.8 Å². The van der Waals surface area contributed by atoms with Gasteiger partial charge in [-0.3, -0.25) is 9.48 Å². The summed E-state index contributed by atoms with van der Waals surface area (Å²) in [4.78, 5) is 26.6. The molecule has 0 unspecified atom stereocenters. The van der Waals surface area contributed by atoms with E-state index in [1.165, 1.54) is 19.3 Å². The van der Waals surface area contributed by atoms with Crippen molar-refractivity contribution in [2.24, 2.45) is 18.4 Å². The molecule has 2 saturated heterocycles. The van der Waals surface area contributed by atoms with Crippen LogP contribution in [0.4, 0.5) is 5.82 Å². The van der Waals surface area contributed by atoms with Crippen molar-refractivity contribution in [1.29, 1.82) is 0 Å². The summed E-state index contributed by atoms with van der Waals surface area (Å²) >= 11 is 0. The van der Waals surface area contributed by atoms with Gasteiger partial charge in [-0.15, -0.1) is 24.8 Å². The predicted molar refractivity (Wildman–Crippen MR) is 117 cm³/mol. The van der Waals surface area contributed by atoms with Gasteiger partial charge in [0.1, 0.15) is 12.1 Å². The Kier molecular flexibility index (Phi) is 6.55. The van der Waals surface area contributed by atoms with Crippen molar-refractivity contribution >= 4 is 47.6 Å². The molecule has 8 nitrogen and oxygen atoms in total. The van der Waals surface area contributed by atoms with Gasteiger partial charge in [-0.2, -0.15) is 5.10 Å². The van der Waals surface area contributed by atoms with E-state index in [4.69, 9.17) is 0 Å². The van der Waals surface area contributed by atoms with Gasteiger partial charge in [0.15, 0.2) is 5.65 Å². The molecule has 2 aromatic rings. The van der Waals surface area contributed by atoms with Crippen LogP contribution in [0.2, 0.25) is 0 Å². The summed E-state index contributed by atoms with van der Waals surface area (Å²) in [6.45, 7) is 5.00. The van der Waals surface area contributed by atoms with Crippen LogP contribution in [0.3, 0.4) is 0 Å². The van der Waals surface area contributed by atoms with Gasteiger partial charge in [0.2, 0.25) is 5.91 Å². The second kappa shape index (κ2) is 8.62. The van der Waals surface area contributed by atoms with Crippen molar-refractivity contribution in [3.05, 3.63) is 12.5 Å². The van der Waals surface area contributed by atoms with Crippen LogP contribution in [0.1, 0.15) is 25.7 Å². The van der Waals surface area contributed by atoms with E-state index in [1.54, 1.807) is 11.0 Å². The van der Waals surface area contributed by atoms with Gasteiger partial charge in [-0.05, 0) is 25.3 Å². The van der Waals surface area contributed by atoms with Crippen molar-refractivity contribution < 1.29 is 4.79 Å². The maximum absolute atomic E-state index is 13.4. The highest BCUT2D eigenvalue weighted by Crippen LogP contribution is 2.45. The van der Waals surface area contributed by atoms with Gasteiger partial charge in [0.05, 0.1) is 17.0 Å². The molecule has 3 fully saturated rings. The molecular weight excluding hydrogens is 413 g/mol. The molecule has 0 radical (unpaired) electrons. The average molecular weight is 442 g/mol. The fraction of sp³-hybridized carbons (Fsp3) is 0.684. The lowest BCUT2D eigenvalue weighted by molar-refractivity contribution is -0.145. The Labute approximate surface area is 183 Å². The first-order valence-electron chi connectivity index (χ1n) is 10.1. The van der Waals surface area contributed by atoms with Gasteiger partial charge in [-0.25, -0.2) is 9.97 Å². The maximum atomic E-state index is 13.4. The number of amides is 1. The Bertz CT molecular complexity index is 867. The molecule has 5 rings (SSSR count). The van der Waals surface area contributed by atoms with Gasteiger partial charge >= 0.3 is 0 Å². The SMILES string of the molecule is Cl.Cl.Cn1ncc2c(N3CCN(C(=O)[C@@]45CCCC[C@H]4CNC5)CC3)ncnc21. The summed E-state index contributed by atoms with van der Waals surface area (Å²) < 4.78 is 1.77. The molecule has 0 bridgehead atoms. The first-order chi connectivity index (χ1) is 13.2. The van der Waals surface area contributed by atoms with E-state index in [2.05, 4.69) is 30.2 Å². The van der Waals surface area contributed by atoms with Gasteiger partial charge in [0, 0.05) is 39.8 Å². The highest BCUT2D eigenvalue weighted by Gasteiger charge is 2.51. The maximum Gasteiger partial charge on any atom is 0.230 e. The molecule has 160 valence electrons. The van der Waals surface area contributed by atoms with Crippen LogP contribution < -0.4 is 10.2 Å². The Morgan fingerprint density at radius 3 is 2.76 bits per heavy atom. The number of rotatable bonds is 2. The molecule has 4 heterocycles. The van der Waals surface area contributed by atoms with E-state index < -0.39 is 0 Å². The van der Waals surface area contributed by atoms with Crippen molar-refractivity contribution in [3.8, 4) is 0 Å². The summed E-state index contributed by atoms with van der Waals surface area (Å²) in [7, 11) is 1.89. The zero-order valence-electron chi connectivity index (χ0n) is 16.7. The Hall–Kier alpha value is -1.64. The van der Waals surface area contributed by atoms with Gasteiger partial charge < -0.3 is 15.1 Å². The first kappa shape index (κ1) is 22.1. The Balaban J connectivity index is 0.00000120. The van der Waals surface area contributed by atoms with E-state index in [0.29, 0.717) is 11.8 Å². The largest absolute Gasteiger partial charge is 0.352 e. The number of anilines is 1. The Morgan fingerprint density at radius 2 is 1.97 bits per heavy atom. The van der Waals surface area contributed by atoms with E-state index >= 15 is 0 Å². The summed E-state index contributed by atoms with van der Waals surface area (Å²) in [6.07, 6.45) is 8.13. The highest BCUT2D eigenvalue weighted by molar-refractivity contribution is 5.87. The normalized spacial score (nSPS) is 26.6. The number of nitrogens with zero attached hydrogens (tertiary/aromatic N) is 6. The highest BCUT2D eigenvalue weighted by atomic mass is 35.5. The standard InChI is InChI=1S/C19H27N7O.2ClH/c1-24-16-15(11-23-24)17(22-13-21-16)25-6-8-26(9-7-25)18(27)19-5-3-2-4-14(19)10-20-12-19;;/h11,13-14,20H,2-10,12H2,1H3;2*1H/t14-,19+;;/m0../s1. The van der Waals surface area contributed by atoms with Crippen LogP contribution in [0.15, 0.2) is 12.5 Å². The number of aromatic nitrogens is 4. The third-order valence-electron chi connectivity index (χ3n) is 6.84. The third-order valence-corrected chi connectivity index (χ3v) is 6.84. The number of carbonyl (C=O) groups is 1. The molecule has 2 aromatic heterocycles. The summed E-state index contributed by atoms with van der Waals surface area (Å²) in [5.41, 5.74) is 0.700. The van der Waals surface area contributed by atoms with E-state index in [9.17, 15) is 4.79 Å². The first-order valence-corrected chi connectivity index (χ1v) is 10.1. The summed E-state index contributed by atoms with van der Waals surface area (Å²) in [6, 6.07) is 0. The molecule has 10 heteroatoms. The number of fused-ring (bicyclic) bond motifs is 2. The van der Waals surface area contributed by atoms with Crippen LogP contribution in [0.5, 0.6) is 0 Å². The molecule has 0 spiro atoms. The monoisotopic (exact) mass is 441 g/mol. The molecule has 1 amide bonds. The minimum atomic E-state index is -0.147. The molecular formula is C19H29Cl2N7O. The molecule has 0 aromatic carbocycles. The van der Waals surface area contributed by atoms with Gasteiger partial charge in [0.25, 0.3) is 0 Å². The van der Waals surface area contributed by atoms with E-state index in [-0.39, 0.29) is 30.2 Å². The number of nitrogens with one attached hydrogen (secondary N) is 1. The lowest BCUT2D eigenvalue weighted by atomic mass is 9.67. The number of hydrogen-bond donors (Lipinski definition) is 1. The second-order valence-electron chi connectivity index (χ2n) is 8.21. The van der Waals surface area contributed by atoms with E-state index in [1.807, 2.05) is 13.2 Å². The molecule has 2 aliphatic heterocycles. The van der Waals surface area contributed by atoms with Crippen LogP contribution >= 0.6 is 24.8 Å². The number of halogens is 2. The zero-order valence-corrected chi connectivity index (χ0v) is 18.3. The molecule has 1 saturated carbocycles. The lowest BCUT2D eigenvalue weighted by Crippen LogP contribution is -2.56. The predicted octanol–water partition coefficient (Wildman–Crippen LogP) is 1.64.